The molecule has 0 spiro atoms. The minimum Gasteiger partial charge on any atom is -0.463 e. The van der Waals surface area contributed by atoms with Crippen molar-refractivity contribution in [2.75, 3.05) is 26.4 Å². The first kappa shape index (κ1) is 56.2. The molecule has 0 fully saturated rings. The smallest absolute Gasteiger partial charge is 0.463 e. The number of hydrogen-bond donors (Lipinski definition) is 3. The standard InChI is InChI=1S/C49H84NO8P/c1-3-5-7-9-11-13-15-17-19-21-22-23-24-26-27-29-31-33-35-37-39-41-48(52)50-43-44-57-59(54,55)58-46-47(51)45-56-49(53)42-40-38-36-34-32-30-28-25-20-18-16-14-12-10-8-6-4-2/h5,7,11,13,17,19,22-23,26-27,31,33,37,39,47,51H,3-4,6,8-10,12,14-16,18,20-21,24-25,28-30,32,34-36,38,40-46H2,1-2H3,(H,50,52)(H,54,55)/b7-5-,13-11-,19-17-,23-22-,27-26-,33-31-,39-37-. The molecular formula is C49H84NO8P. The van der Waals surface area contributed by atoms with Crippen LogP contribution in [0.5, 0.6) is 0 Å². The summed E-state index contributed by atoms with van der Waals surface area (Å²) < 4.78 is 26.9. The number of esters is 1. The third-order valence-electron chi connectivity index (χ3n) is 9.37. The second kappa shape index (κ2) is 44.7. The van der Waals surface area contributed by atoms with Gasteiger partial charge in [-0.3, -0.25) is 18.6 Å². The number of aliphatic hydroxyl groups is 1. The molecule has 0 rings (SSSR count). The van der Waals surface area contributed by atoms with E-state index in [4.69, 9.17) is 13.8 Å². The lowest BCUT2D eigenvalue weighted by Crippen LogP contribution is -2.26. The van der Waals surface area contributed by atoms with E-state index in [0.717, 1.165) is 64.2 Å². The summed E-state index contributed by atoms with van der Waals surface area (Å²) in [5, 5.41) is 12.6. The molecule has 0 aromatic heterocycles. The van der Waals surface area contributed by atoms with Gasteiger partial charge in [-0.15, -0.1) is 0 Å². The van der Waals surface area contributed by atoms with Gasteiger partial charge in [0.15, 0.2) is 0 Å². The molecule has 0 saturated carbocycles. The van der Waals surface area contributed by atoms with Crippen molar-refractivity contribution in [3.05, 3.63) is 85.1 Å². The van der Waals surface area contributed by atoms with Crippen LogP contribution in [0.1, 0.15) is 181 Å². The van der Waals surface area contributed by atoms with E-state index in [1.54, 1.807) is 6.08 Å². The number of amides is 1. The zero-order valence-electron chi connectivity index (χ0n) is 37.2. The molecule has 3 N–H and O–H groups in total. The van der Waals surface area contributed by atoms with Crippen molar-refractivity contribution in [2.24, 2.45) is 0 Å². The first-order valence-electron chi connectivity index (χ1n) is 23.1. The van der Waals surface area contributed by atoms with Crippen LogP contribution in [0.25, 0.3) is 0 Å². The van der Waals surface area contributed by atoms with Crippen molar-refractivity contribution < 1.29 is 37.9 Å². The third kappa shape index (κ3) is 46.1. The molecule has 59 heavy (non-hydrogen) atoms. The van der Waals surface area contributed by atoms with Gasteiger partial charge in [0, 0.05) is 19.4 Å². The molecule has 0 aliphatic rings. The lowest BCUT2D eigenvalue weighted by molar-refractivity contribution is -0.147. The molecular weight excluding hydrogens is 762 g/mol. The minimum absolute atomic E-state index is 0.0211. The van der Waals surface area contributed by atoms with Gasteiger partial charge in [0.25, 0.3) is 0 Å². The Balaban J connectivity index is 3.72. The van der Waals surface area contributed by atoms with Gasteiger partial charge in [0.05, 0.1) is 13.2 Å². The zero-order valence-corrected chi connectivity index (χ0v) is 38.1. The van der Waals surface area contributed by atoms with E-state index < -0.39 is 26.5 Å². The van der Waals surface area contributed by atoms with Gasteiger partial charge in [0.1, 0.15) is 12.7 Å². The Bertz CT molecular complexity index is 1240. The molecule has 0 bridgehead atoms. The quantitative estimate of drug-likeness (QED) is 0.0240. The second-order valence-corrected chi connectivity index (χ2v) is 16.5. The van der Waals surface area contributed by atoms with Crippen LogP contribution in [0, 0.1) is 0 Å². The fourth-order valence-corrected chi connectivity index (χ4v) is 6.68. The van der Waals surface area contributed by atoms with Crippen LogP contribution >= 0.6 is 7.82 Å². The molecule has 0 radical (unpaired) electrons. The molecule has 338 valence electrons. The van der Waals surface area contributed by atoms with Crippen molar-refractivity contribution in [3.63, 3.8) is 0 Å². The highest BCUT2D eigenvalue weighted by Crippen LogP contribution is 2.42. The number of rotatable bonds is 42. The van der Waals surface area contributed by atoms with Gasteiger partial charge in [-0.05, 0) is 51.4 Å². The Hall–Kier alpha value is -2.81. The topological polar surface area (TPSA) is 131 Å². The van der Waals surface area contributed by atoms with Crippen molar-refractivity contribution in [1.82, 2.24) is 5.32 Å². The summed E-state index contributed by atoms with van der Waals surface area (Å²) in [5.41, 5.74) is 0. The van der Waals surface area contributed by atoms with Gasteiger partial charge in [-0.1, -0.05) is 202 Å². The Kier molecular flexibility index (Phi) is 42.6. The Morgan fingerprint density at radius 1 is 0.542 bits per heavy atom. The molecule has 0 saturated heterocycles. The van der Waals surface area contributed by atoms with Crippen molar-refractivity contribution >= 4 is 19.7 Å². The van der Waals surface area contributed by atoms with E-state index in [1.165, 1.54) is 89.9 Å². The number of hydrogen-bond acceptors (Lipinski definition) is 7. The number of ether oxygens (including phenoxy) is 1. The van der Waals surface area contributed by atoms with Crippen molar-refractivity contribution in [2.45, 2.75) is 187 Å². The van der Waals surface area contributed by atoms with Crippen LogP contribution in [-0.4, -0.2) is 54.3 Å². The molecule has 0 aromatic carbocycles. The van der Waals surface area contributed by atoms with Gasteiger partial charge in [0.2, 0.25) is 5.91 Å². The van der Waals surface area contributed by atoms with Crippen LogP contribution in [0.15, 0.2) is 85.1 Å². The summed E-state index contributed by atoms with van der Waals surface area (Å²) in [4.78, 5) is 33.9. The highest BCUT2D eigenvalue weighted by molar-refractivity contribution is 7.47. The number of phosphoric acid groups is 1. The first-order chi connectivity index (χ1) is 28.8. The highest BCUT2D eigenvalue weighted by atomic mass is 31.2. The van der Waals surface area contributed by atoms with Crippen LogP contribution in [0.2, 0.25) is 0 Å². The first-order valence-corrected chi connectivity index (χ1v) is 24.6. The van der Waals surface area contributed by atoms with Gasteiger partial charge >= 0.3 is 13.8 Å². The Morgan fingerprint density at radius 3 is 1.36 bits per heavy atom. The molecule has 0 heterocycles. The fraction of sp³-hybridized carbons (Fsp3) is 0.673. The maximum atomic E-state index is 12.1. The molecule has 0 aliphatic heterocycles. The van der Waals surface area contributed by atoms with E-state index in [2.05, 4.69) is 86.0 Å². The van der Waals surface area contributed by atoms with Crippen molar-refractivity contribution in [1.29, 1.82) is 0 Å². The molecule has 2 atom stereocenters. The SMILES string of the molecule is CC/C=C\C/C=C\C/C=C\C/C=C\C/C=C\C/C=C\C/C=C\CC(=O)NCCOP(=O)(O)OCC(O)COC(=O)CCCCCCCCCCCCCCCCCCC. The lowest BCUT2D eigenvalue weighted by Gasteiger charge is -2.15. The zero-order chi connectivity index (χ0) is 43.2. The summed E-state index contributed by atoms with van der Waals surface area (Å²) >= 11 is 0. The van der Waals surface area contributed by atoms with Gasteiger partial charge in [-0.2, -0.15) is 0 Å². The highest BCUT2D eigenvalue weighted by Gasteiger charge is 2.23. The largest absolute Gasteiger partial charge is 0.472 e. The summed E-state index contributed by atoms with van der Waals surface area (Å²) in [6.07, 6.45) is 56.9. The van der Waals surface area contributed by atoms with E-state index >= 15 is 0 Å². The van der Waals surface area contributed by atoms with E-state index in [0.29, 0.717) is 0 Å². The normalized spacial score (nSPS) is 14.0. The van der Waals surface area contributed by atoms with Crippen LogP contribution in [0.3, 0.4) is 0 Å². The summed E-state index contributed by atoms with van der Waals surface area (Å²) in [6, 6.07) is 0. The summed E-state index contributed by atoms with van der Waals surface area (Å²) in [5.74, 6) is -0.652. The van der Waals surface area contributed by atoms with E-state index in [9.17, 15) is 24.2 Å². The second-order valence-electron chi connectivity index (χ2n) is 15.0. The maximum Gasteiger partial charge on any atom is 0.472 e. The molecule has 2 unspecified atom stereocenters. The molecule has 9 nitrogen and oxygen atoms in total. The van der Waals surface area contributed by atoms with Crippen LogP contribution in [0.4, 0.5) is 0 Å². The van der Waals surface area contributed by atoms with Crippen LogP contribution in [-0.2, 0) is 27.9 Å². The summed E-state index contributed by atoms with van der Waals surface area (Å²) in [6.45, 7) is 3.32. The monoisotopic (exact) mass is 846 g/mol. The fourth-order valence-electron chi connectivity index (χ4n) is 5.93. The third-order valence-corrected chi connectivity index (χ3v) is 10.4. The van der Waals surface area contributed by atoms with Gasteiger partial charge in [-0.25, -0.2) is 4.57 Å². The number of carbonyl (C=O) groups is 2. The number of carbonyl (C=O) groups excluding carboxylic acids is 2. The van der Waals surface area contributed by atoms with Crippen molar-refractivity contribution in [3.8, 4) is 0 Å². The number of nitrogens with one attached hydrogen (secondary N) is 1. The van der Waals surface area contributed by atoms with E-state index in [1.807, 2.05) is 12.2 Å². The number of aliphatic hydroxyl groups excluding tert-OH is 1. The predicted octanol–water partition coefficient (Wildman–Crippen LogP) is 13.2. The lowest BCUT2D eigenvalue weighted by atomic mass is 10.0. The van der Waals surface area contributed by atoms with E-state index in [-0.39, 0.29) is 38.5 Å². The Morgan fingerprint density at radius 2 is 0.932 bits per heavy atom. The number of unbranched alkanes of at least 4 members (excludes halogenated alkanes) is 16. The van der Waals surface area contributed by atoms with Gasteiger partial charge < -0.3 is 20.1 Å². The molecule has 10 heteroatoms. The average molecular weight is 846 g/mol. The molecule has 1 amide bonds. The minimum atomic E-state index is -4.45. The number of allylic oxidation sites excluding steroid dienone is 13. The molecule has 0 aromatic rings. The average Bonchev–Trinajstić information content (AvgIpc) is 3.22. The maximum absolute atomic E-state index is 12.1. The molecule has 0 aliphatic carbocycles. The predicted molar refractivity (Wildman–Crippen MR) is 247 cm³/mol. The number of phosphoric ester groups is 1. The van der Waals surface area contributed by atoms with Crippen LogP contribution < -0.4 is 5.32 Å². The summed E-state index contributed by atoms with van der Waals surface area (Å²) in [7, 11) is -4.45. The Labute approximate surface area is 360 Å².